The van der Waals surface area contributed by atoms with E-state index in [1.807, 2.05) is 48.1 Å². The summed E-state index contributed by atoms with van der Waals surface area (Å²) in [6.07, 6.45) is 6.11. The van der Waals surface area contributed by atoms with Crippen molar-refractivity contribution in [3.8, 4) is 0 Å². The average Bonchev–Trinajstić information content (AvgIpc) is 2.50. The molecule has 3 nitrogen and oxygen atoms in total. The van der Waals surface area contributed by atoms with Gasteiger partial charge in [-0.2, -0.15) is 4.57 Å². The zero-order valence-corrected chi connectivity index (χ0v) is 13.8. The summed E-state index contributed by atoms with van der Waals surface area (Å²) >= 11 is 5.87. The molecule has 116 valence electrons. The lowest BCUT2D eigenvalue weighted by atomic mass is 10.1. The van der Waals surface area contributed by atoms with Crippen molar-refractivity contribution in [3.63, 3.8) is 0 Å². The number of halogens is 1. The van der Waals surface area contributed by atoms with E-state index in [1.165, 1.54) is 5.56 Å². The maximum absolute atomic E-state index is 12.1. The maximum Gasteiger partial charge on any atom is 0.286 e. The molecule has 0 aliphatic rings. The van der Waals surface area contributed by atoms with Gasteiger partial charge in [-0.15, -0.1) is 0 Å². The summed E-state index contributed by atoms with van der Waals surface area (Å²) < 4.78 is 1.89. The lowest BCUT2D eigenvalue weighted by Gasteiger charge is -2.13. The Kier molecular flexibility index (Phi) is 5.96. The fourth-order valence-electron chi connectivity index (χ4n) is 2.34. The highest BCUT2D eigenvalue weighted by Gasteiger charge is 2.13. The number of carbonyl (C=O) groups is 1. The number of nitrogens with zero attached hydrogens (tertiary/aromatic N) is 1. The SMILES string of the molecule is CCCc1cc[n+](CC(=O)N[C@@H](C)c2ccc(Cl)cc2)cc1. The van der Waals surface area contributed by atoms with Gasteiger partial charge < -0.3 is 5.32 Å². The Hall–Kier alpha value is -1.87. The van der Waals surface area contributed by atoms with E-state index in [-0.39, 0.29) is 11.9 Å². The maximum atomic E-state index is 12.1. The van der Waals surface area contributed by atoms with Crippen LogP contribution in [0.5, 0.6) is 0 Å². The van der Waals surface area contributed by atoms with Gasteiger partial charge in [0.15, 0.2) is 12.4 Å². The molecule has 2 aromatic rings. The zero-order valence-electron chi connectivity index (χ0n) is 13.1. The van der Waals surface area contributed by atoms with Crippen molar-refractivity contribution in [1.82, 2.24) is 5.32 Å². The molecule has 0 aliphatic carbocycles. The summed E-state index contributed by atoms with van der Waals surface area (Å²) in [5.74, 6) is -0.00399. The Morgan fingerprint density at radius 2 is 1.82 bits per heavy atom. The van der Waals surface area contributed by atoms with Gasteiger partial charge in [-0.1, -0.05) is 37.1 Å². The van der Waals surface area contributed by atoms with Crippen LogP contribution in [0.2, 0.25) is 5.02 Å². The first-order valence-electron chi connectivity index (χ1n) is 7.61. The number of hydrogen-bond donors (Lipinski definition) is 1. The molecule has 0 unspecified atom stereocenters. The normalized spacial score (nSPS) is 12.0. The molecule has 0 spiro atoms. The van der Waals surface area contributed by atoms with Gasteiger partial charge >= 0.3 is 0 Å². The Bertz CT molecular complexity index is 608. The van der Waals surface area contributed by atoms with E-state index in [1.54, 1.807) is 0 Å². The number of rotatable bonds is 6. The van der Waals surface area contributed by atoms with Crippen LogP contribution < -0.4 is 9.88 Å². The molecule has 1 atom stereocenters. The van der Waals surface area contributed by atoms with Crippen LogP contribution in [-0.4, -0.2) is 5.91 Å². The molecule has 1 aromatic heterocycles. The fourth-order valence-corrected chi connectivity index (χ4v) is 2.46. The van der Waals surface area contributed by atoms with E-state index in [0.717, 1.165) is 18.4 Å². The highest BCUT2D eigenvalue weighted by Crippen LogP contribution is 2.15. The molecule has 0 fully saturated rings. The van der Waals surface area contributed by atoms with E-state index in [9.17, 15) is 4.79 Å². The highest BCUT2D eigenvalue weighted by molar-refractivity contribution is 6.30. The van der Waals surface area contributed by atoms with Crippen molar-refractivity contribution in [2.75, 3.05) is 0 Å². The predicted octanol–water partition coefficient (Wildman–Crippen LogP) is 3.46. The Morgan fingerprint density at radius 3 is 2.41 bits per heavy atom. The fraction of sp³-hybridized carbons (Fsp3) is 0.333. The third-order valence-corrected chi connectivity index (χ3v) is 3.82. The lowest BCUT2D eigenvalue weighted by Crippen LogP contribution is -2.43. The number of hydrogen-bond acceptors (Lipinski definition) is 1. The predicted molar refractivity (Wildman–Crippen MR) is 88.6 cm³/mol. The number of amides is 1. The highest BCUT2D eigenvalue weighted by atomic mass is 35.5. The van der Waals surface area contributed by atoms with E-state index in [2.05, 4.69) is 24.4 Å². The van der Waals surface area contributed by atoms with Gasteiger partial charge in [-0.3, -0.25) is 4.79 Å². The molecule has 1 N–H and O–H groups in total. The van der Waals surface area contributed by atoms with Crippen LogP contribution in [0.25, 0.3) is 0 Å². The standard InChI is InChI=1S/C18H21ClN2O/c1-3-4-15-9-11-21(12-10-15)13-18(22)20-14(2)16-5-7-17(19)8-6-16/h5-12,14H,3-4,13H2,1-2H3/p+1/t14-/m0/s1. The van der Waals surface area contributed by atoms with Crippen molar-refractivity contribution in [1.29, 1.82) is 0 Å². The first-order chi connectivity index (χ1) is 10.6. The molecule has 0 radical (unpaired) electrons. The monoisotopic (exact) mass is 317 g/mol. The zero-order chi connectivity index (χ0) is 15.9. The number of nitrogens with one attached hydrogen (secondary N) is 1. The van der Waals surface area contributed by atoms with Crippen molar-refractivity contribution < 1.29 is 9.36 Å². The summed E-state index contributed by atoms with van der Waals surface area (Å²) in [6.45, 7) is 4.45. The third-order valence-electron chi connectivity index (χ3n) is 3.57. The van der Waals surface area contributed by atoms with Crippen molar-refractivity contribution in [3.05, 3.63) is 64.9 Å². The number of pyridine rings is 1. The van der Waals surface area contributed by atoms with Gasteiger partial charge in [0.25, 0.3) is 5.91 Å². The van der Waals surface area contributed by atoms with E-state index >= 15 is 0 Å². The minimum absolute atomic E-state index is 0.00399. The Balaban J connectivity index is 1.90. The van der Waals surface area contributed by atoms with Gasteiger partial charge in [-0.05, 0) is 36.6 Å². The van der Waals surface area contributed by atoms with Crippen LogP contribution in [0.4, 0.5) is 0 Å². The second kappa shape index (κ2) is 7.95. The van der Waals surface area contributed by atoms with E-state index in [0.29, 0.717) is 11.6 Å². The van der Waals surface area contributed by atoms with Crippen LogP contribution in [-0.2, 0) is 17.8 Å². The van der Waals surface area contributed by atoms with Crippen LogP contribution in [0.15, 0.2) is 48.8 Å². The molecule has 1 amide bonds. The first kappa shape index (κ1) is 16.5. The van der Waals surface area contributed by atoms with Crippen LogP contribution in [0, 0.1) is 0 Å². The number of aryl methyl sites for hydroxylation is 1. The molecular weight excluding hydrogens is 296 g/mol. The molecule has 2 rings (SSSR count). The molecule has 1 heterocycles. The second-order valence-corrected chi connectivity index (χ2v) is 5.91. The van der Waals surface area contributed by atoms with Gasteiger partial charge in [0, 0.05) is 17.2 Å². The first-order valence-corrected chi connectivity index (χ1v) is 7.99. The summed E-state index contributed by atoms with van der Waals surface area (Å²) in [5.41, 5.74) is 2.34. The molecule has 0 aliphatic heterocycles. The molecule has 0 saturated heterocycles. The van der Waals surface area contributed by atoms with Crippen LogP contribution in [0.1, 0.15) is 37.4 Å². The Morgan fingerprint density at radius 1 is 1.18 bits per heavy atom. The number of benzene rings is 1. The smallest absolute Gasteiger partial charge is 0.286 e. The largest absolute Gasteiger partial charge is 0.344 e. The third kappa shape index (κ3) is 4.85. The number of aromatic nitrogens is 1. The summed E-state index contributed by atoms with van der Waals surface area (Å²) in [7, 11) is 0. The molecule has 4 heteroatoms. The lowest BCUT2D eigenvalue weighted by molar-refractivity contribution is -0.684. The van der Waals surface area contributed by atoms with Gasteiger partial charge in [0.05, 0.1) is 6.04 Å². The van der Waals surface area contributed by atoms with E-state index in [4.69, 9.17) is 11.6 Å². The van der Waals surface area contributed by atoms with Gasteiger partial charge in [0.1, 0.15) is 0 Å². The summed E-state index contributed by atoms with van der Waals surface area (Å²) in [4.78, 5) is 12.1. The summed E-state index contributed by atoms with van der Waals surface area (Å²) in [5, 5.41) is 3.70. The summed E-state index contributed by atoms with van der Waals surface area (Å²) in [6, 6.07) is 11.6. The molecule has 0 bridgehead atoms. The van der Waals surface area contributed by atoms with Gasteiger partial charge in [0.2, 0.25) is 6.54 Å². The van der Waals surface area contributed by atoms with Crippen molar-refractivity contribution >= 4 is 17.5 Å². The molecule has 0 saturated carbocycles. The average molecular weight is 318 g/mol. The topological polar surface area (TPSA) is 33.0 Å². The van der Waals surface area contributed by atoms with E-state index < -0.39 is 0 Å². The quantitative estimate of drug-likeness (QED) is 0.813. The molecular formula is C18H22ClN2O+. The number of carbonyl (C=O) groups excluding carboxylic acids is 1. The van der Waals surface area contributed by atoms with Crippen LogP contribution in [0.3, 0.4) is 0 Å². The van der Waals surface area contributed by atoms with Crippen molar-refractivity contribution in [2.45, 2.75) is 39.3 Å². The van der Waals surface area contributed by atoms with Crippen molar-refractivity contribution in [2.24, 2.45) is 0 Å². The van der Waals surface area contributed by atoms with Crippen LogP contribution >= 0.6 is 11.6 Å². The minimum Gasteiger partial charge on any atom is -0.344 e. The second-order valence-electron chi connectivity index (χ2n) is 5.47. The molecule has 1 aromatic carbocycles. The Labute approximate surface area is 136 Å². The molecule has 22 heavy (non-hydrogen) atoms. The minimum atomic E-state index is -0.0373. The van der Waals surface area contributed by atoms with Gasteiger partial charge in [-0.25, -0.2) is 0 Å².